The van der Waals surface area contributed by atoms with Crippen molar-refractivity contribution >= 4 is 15.9 Å². The van der Waals surface area contributed by atoms with Crippen molar-refractivity contribution in [2.45, 2.75) is 5.33 Å². The lowest BCUT2D eigenvalue weighted by atomic mass is 10.2. The minimum absolute atomic E-state index is 0.504. The lowest BCUT2D eigenvalue weighted by Gasteiger charge is -2.11. The molecular weight excluding hydrogens is 340 g/mol. The highest BCUT2D eigenvalue weighted by Gasteiger charge is 2.04. The Hall–Kier alpha value is -0.820. The summed E-state index contributed by atoms with van der Waals surface area (Å²) in [7, 11) is 3.30. The molecule has 0 fully saturated rings. The van der Waals surface area contributed by atoms with E-state index in [0.29, 0.717) is 45.0 Å². The maximum Gasteiger partial charge on any atom is 0.123 e. The summed E-state index contributed by atoms with van der Waals surface area (Å²) in [6.45, 7) is 3.36. The van der Waals surface area contributed by atoms with Crippen LogP contribution < -0.4 is 9.47 Å². The third-order valence-corrected chi connectivity index (χ3v) is 3.30. The fraction of sp³-hybridized carbons (Fsp3) is 0.600. The van der Waals surface area contributed by atoms with Crippen molar-refractivity contribution in [3.05, 3.63) is 23.8 Å². The van der Waals surface area contributed by atoms with Gasteiger partial charge < -0.3 is 23.7 Å². The molecule has 0 heterocycles. The first kappa shape index (κ1) is 18.2. The highest BCUT2D eigenvalue weighted by molar-refractivity contribution is 9.08. The molecule has 5 nitrogen and oxygen atoms in total. The van der Waals surface area contributed by atoms with Crippen LogP contribution >= 0.6 is 15.9 Å². The fourth-order valence-electron chi connectivity index (χ4n) is 1.60. The summed E-state index contributed by atoms with van der Waals surface area (Å²) in [5.74, 6) is 1.66. The summed E-state index contributed by atoms with van der Waals surface area (Å²) in [4.78, 5) is 0. The van der Waals surface area contributed by atoms with Crippen molar-refractivity contribution in [2.24, 2.45) is 0 Å². The molecule has 120 valence electrons. The van der Waals surface area contributed by atoms with Crippen LogP contribution in [0.2, 0.25) is 0 Å². The quantitative estimate of drug-likeness (QED) is 0.422. The third kappa shape index (κ3) is 7.66. The van der Waals surface area contributed by atoms with Crippen LogP contribution in [0, 0.1) is 0 Å². The molecule has 6 heteroatoms. The molecule has 0 spiro atoms. The Bertz CT molecular complexity index is 386. The highest BCUT2D eigenvalue weighted by Crippen LogP contribution is 2.26. The average molecular weight is 363 g/mol. The van der Waals surface area contributed by atoms with E-state index >= 15 is 0 Å². The van der Waals surface area contributed by atoms with Crippen molar-refractivity contribution in [3.8, 4) is 11.5 Å². The van der Waals surface area contributed by atoms with Gasteiger partial charge in [-0.1, -0.05) is 15.9 Å². The maximum atomic E-state index is 5.70. The van der Waals surface area contributed by atoms with E-state index in [2.05, 4.69) is 15.9 Å². The number of alkyl halides is 1. The summed E-state index contributed by atoms with van der Waals surface area (Å²) < 4.78 is 26.5. The molecular formula is C15H23BrO5. The number of halogens is 1. The van der Waals surface area contributed by atoms with E-state index in [-0.39, 0.29) is 0 Å². The number of methoxy groups -OCH3 is 2. The van der Waals surface area contributed by atoms with Gasteiger partial charge in [-0.3, -0.25) is 0 Å². The van der Waals surface area contributed by atoms with Crippen molar-refractivity contribution < 1.29 is 23.7 Å². The zero-order chi connectivity index (χ0) is 15.3. The zero-order valence-electron chi connectivity index (χ0n) is 12.6. The number of hydrogen-bond acceptors (Lipinski definition) is 5. The van der Waals surface area contributed by atoms with Crippen molar-refractivity contribution in [2.75, 3.05) is 53.9 Å². The molecule has 0 bridgehead atoms. The van der Waals surface area contributed by atoms with Crippen LogP contribution in [0.4, 0.5) is 0 Å². The molecule has 0 saturated carbocycles. The molecule has 0 radical (unpaired) electrons. The molecule has 0 saturated heterocycles. The van der Waals surface area contributed by atoms with Gasteiger partial charge in [-0.2, -0.15) is 0 Å². The Balaban J connectivity index is 2.15. The van der Waals surface area contributed by atoms with Crippen LogP contribution in [-0.4, -0.2) is 53.9 Å². The molecule has 21 heavy (non-hydrogen) atoms. The SMILES string of the molecule is COCCOCCOCCOc1ccc(OC)cc1CBr. The van der Waals surface area contributed by atoms with E-state index in [0.717, 1.165) is 17.1 Å². The van der Waals surface area contributed by atoms with Gasteiger partial charge in [0, 0.05) is 18.0 Å². The normalized spacial score (nSPS) is 10.6. The predicted molar refractivity (Wildman–Crippen MR) is 84.6 cm³/mol. The van der Waals surface area contributed by atoms with Gasteiger partial charge in [0.2, 0.25) is 0 Å². The Morgan fingerprint density at radius 2 is 1.57 bits per heavy atom. The highest BCUT2D eigenvalue weighted by atomic mass is 79.9. The lowest BCUT2D eigenvalue weighted by molar-refractivity contribution is 0.0179. The largest absolute Gasteiger partial charge is 0.497 e. The zero-order valence-corrected chi connectivity index (χ0v) is 14.2. The van der Waals surface area contributed by atoms with E-state index in [4.69, 9.17) is 23.7 Å². The van der Waals surface area contributed by atoms with E-state index in [1.54, 1.807) is 14.2 Å². The van der Waals surface area contributed by atoms with Crippen LogP contribution in [0.25, 0.3) is 0 Å². The Morgan fingerprint density at radius 1 is 0.905 bits per heavy atom. The van der Waals surface area contributed by atoms with Gasteiger partial charge in [-0.05, 0) is 18.2 Å². The maximum absolute atomic E-state index is 5.70. The van der Waals surface area contributed by atoms with E-state index in [1.807, 2.05) is 18.2 Å². The van der Waals surface area contributed by atoms with E-state index in [9.17, 15) is 0 Å². The Labute approximate surface area is 134 Å². The molecule has 1 rings (SSSR count). The number of rotatable bonds is 12. The van der Waals surface area contributed by atoms with Crippen molar-refractivity contribution in [1.29, 1.82) is 0 Å². The van der Waals surface area contributed by atoms with Crippen LogP contribution in [0.1, 0.15) is 5.56 Å². The molecule has 0 aliphatic carbocycles. The molecule has 0 amide bonds. The second kappa shape index (κ2) is 11.8. The number of hydrogen-bond donors (Lipinski definition) is 0. The first-order valence-corrected chi connectivity index (χ1v) is 7.94. The molecule has 0 aromatic heterocycles. The summed E-state index contributed by atoms with van der Waals surface area (Å²) >= 11 is 3.44. The number of ether oxygens (including phenoxy) is 5. The van der Waals surface area contributed by atoms with Crippen LogP contribution in [0.3, 0.4) is 0 Å². The predicted octanol–water partition coefficient (Wildman–Crippen LogP) is 2.65. The molecule has 0 unspecified atom stereocenters. The van der Waals surface area contributed by atoms with Gasteiger partial charge in [0.1, 0.15) is 18.1 Å². The van der Waals surface area contributed by atoms with Crippen LogP contribution in [0.5, 0.6) is 11.5 Å². The molecule has 0 aliphatic heterocycles. The minimum atomic E-state index is 0.504. The van der Waals surface area contributed by atoms with Gasteiger partial charge in [0.25, 0.3) is 0 Å². The summed E-state index contributed by atoms with van der Waals surface area (Å²) in [6.07, 6.45) is 0. The topological polar surface area (TPSA) is 46.2 Å². The van der Waals surface area contributed by atoms with Gasteiger partial charge in [0.05, 0.1) is 40.1 Å². The third-order valence-electron chi connectivity index (χ3n) is 2.70. The van der Waals surface area contributed by atoms with Crippen LogP contribution in [-0.2, 0) is 19.5 Å². The Kier molecular flexibility index (Phi) is 10.2. The average Bonchev–Trinajstić information content (AvgIpc) is 2.53. The van der Waals surface area contributed by atoms with Crippen molar-refractivity contribution in [3.63, 3.8) is 0 Å². The Morgan fingerprint density at radius 3 is 2.19 bits per heavy atom. The number of benzene rings is 1. The van der Waals surface area contributed by atoms with E-state index in [1.165, 1.54) is 0 Å². The second-order valence-electron chi connectivity index (χ2n) is 4.17. The molecule has 0 atom stereocenters. The monoisotopic (exact) mass is 362 g/mol. The first-order chi connectivity index (χ1) is 10.3. The minimum Gasteiger partial charge on any atom is -0.497 e. The standard InChI is InChI=1S/C15H23BrO5/c1-17-5-6-19-7-8-20-9-10-21-15-4-3-14(18-2)11-13(15)12-16/h3-4,11H,5-10,12H2,1-2H3. The van der Waals surface area contributed by atoms with Gasteiger partial charge in [-0.15, -0.1) is 0 Å². The molecule has 1 aromatic carbocycles. The molecule has 0 aliphatic rings. The van der Waals surface area contributed by atoms with Gasteiger partial charge in [0.15, 0.2) is 0 Å². The second-order valence-corrected chi connectivity index (χ2v) is 4.73. The molecule has 0 N–H and O–H groups in total. The van der Waals surface area contributed by atoms with Gasteiger partial charge >= 0.3 is 0 Å². The van der Waals surface area contributed by atoms with Gasteiger partial charge in [-0.25, -0.2) is 0 Å². The van der Waals surface area contributed by atoms with E-state index < -0.39 is 0 Å². The summed E-state index contributed by atoms with van der Waals surface area (Å²) in [5, 5.41) is 0.716. The van der Waals surface area contributed by atoms with Crippen molar-refractivity contribution in [1.82, 2.24) is 0 Å². The fourth-order valence-corrected chi connectivity index (χ4v) is 2.04. The molecule has 1 aromatic rings. The smallest absolute Gasteiger partial charge is 0.123 e. The first-order valence-electron chi connectivity index (χ1n) is 6.82. The summed E-state index contributed by atoms with van der Waals surface area (Å²) in [5.41, 5.74) is 1.05. The van der Waals surface area contributed by atoms with Crippen LogP contribution in [0.15, 0.2) is 18.2 Å². The lowest BCUT2D eigenvalue weighted by Crippen LogP contribution is -2.12. The summed E-state index contributed by atoms with van der Waals surface area (Å²) in [6, 6.07) is 5.74.